The second kappa shape index (κ2) is 6.82. The third kappa shape index (κ3) is 3.48. The van der Waals surface area contributed by atoms with Gasteiger partial charge in [-0.1, -0.05) is 35.4 Å². The first-order valence-corrected chi connectivity index (χ1v) is 6.83. The van der Waals surface area contributed by atoms with Gasteiger partial charge in [-0.25, -0.2) is 4.79 Å². The van der Waals surface area contributed by atoms with Crippen molar-refractivity contribution in [3.63, 3.8) is 0 Å². The van der Waals surface area contributed by atoms with Gasteiger partial charge >= 0.3 is 12.1 Å². The molecule has 1 aliphatic rings. The number of carboxylic acid groups (broad SMARTS) is 1. The first-order chi connectivity index (χ1) is 10.6. The summed E-state index contributed by atoms with van der Waals surface area (Å²) in [6, 6.07) is 9.27. The van der Waals surface area contributed by atoms with Crippen molar-refractivity contribution in [2.75, 3.05) is 13.1 Å². The van der Waals surface area contributed by atoms with Crippen LogP contribution in [0.3, 0.4) is 0 Å². The van der Waals surface area contributed by atoms with Crippen molar-refractivity contribution in [3.8, 4) is 0 Å². The number of carbonyl (C=O) groups is 2. The van der Waals surface area contributed by atoms with Crippen LogP contribution in [0.5, 0.6) is 0 Å². The van der Waals surface area contributed by atoms with Crippen LogP contribution in [0.25, 0.3) is 10.4 Å². The standard InChI is InChI=1S/C14H16N4O4/c15-17-16-14(12(19)20)6-8-18(9-7-14)13(21)22-10-11-4-2-1-3-5-11/h1-5H,6-10H2,(H,19,20). The topological polar surface area (TPSA) is 116 Å². The minimum atomic E-state index is -1.47. The number of benzene rings is 1. The van der Waals surface area contributed by atoms with E-state index in [1.54, 1.807) is 0 Å². The molecule has 0 aliphatic carbocycles. The molecule has 1 aromatic rings. The van der Waals surface area contributed by atoms with Gasteiger partial charge in [0.2, 0.25) is 0 Å². The van der Waals surface area contributed by atoms with E-state index in [1.807, 2.05) is 30.3 Å². The van der Waals surface area contributed by atoms with Crippen LogP contribution in [0.4, 0.5) is 4.79 Å². The van der Waals surface area contributed by atoms with Gasteiger partial charge in [0.25, 0.3) is 0 Å². The highest BCUT2D eigenvalue weighted by atomic mass is 16.6. The van der Waals surface area contributed by atoms with Crippen molar-refractivity contribution in [2.45, 2.75) is 25.0 Å². The van der Waals surface area contributed by atoms with Crippen LogP contribution in [0.1, 0.15) is 18.4 Å². The van der Waals surface area contributed by atoms with Crippen LogP contribution >= 0.6 is 0 Å². The summed E-state index contributed by atoms with van der Waals surface area (Å²) >= 11 is 0. The lowest BCUT2D eigenvalue weighted by Gasteiger charge is -2.35. The fourth-order valence-corrected chi connectivity index (χ4v) is 2.31. The van der Waals surface area contributed by atoms with E-state index in [1.165, 1.54) is 4.90 Å². The van der Waals surface area contributed by atoms with Crippen LogP contribution in [0, 0.1) is 0 Å². The van der Waals surface area contributed by atoms with E-state index < -0.39 is 17.6 Å². The monoisotopic (exact) mass is 304 g/mol. The summed E-state index contributed by atoms with van der Waals surface area (Å²) < 4.78 is 5.19. The normalized spacial score (nSPS) is 16.5. The fraction of sp³-hybridized carbons (Fsp3) is 0.429. The molecule has 1 amide bonds. The van der Waals surface area contributed by atoms with Gasteiger partial charge in [-0.15, -0.1) is 0 Å². The Morgan fingerprint density at radius 1 is 1.32 bits per heavy atom. The second-order valence-corrected chi connectivity index (χ2v) is 5.05. The van der Waals surface area contributed by atoms with Crippen LogP contribution in [-0.4, -0.2) is 40.7 Å². The van der Waals surface area contributed by atoms with Crippen molar-refractivity contribution in [3.05, 3.63) is 46.3 Å². The number of nitrogens with zero attached hydrogens (tertiary/aromatic N) is 4. The fourth-order valence-electron chi connectivity index (χ4n) is 2.31. The van der Waals surface area contributed by atoms with E-state index >= 15 is 0 Å². The number of rotatable bonds is 4. The predicted octanol–water partition coefficient (Wildman–Crippen LogP) is 2.55. The Morgan fingerprint density at radius 2 is 1.95 bits per heavy atom. The quantitative estimate of drug-likeness (QED) is 0.522. The van der Waals surface area contributed by atoms with Crippen LogP contribution in [0.2, 0.25) is 0 Å². The highest BCUT2D eigenvalue weighted by Crippen LogP contribution is 2.27. The summed E-state index contributed by atoms with van der Waals surface area (Å²) in [6.07, 6.45) is -0.344. The summed E-state index contributed by atoms with van der Waals surface area (Å²) in [7, 11) is 0. The number of hydrogen-bond acceptors (Lipinski definition) is 4. The summed E-state index contributed by atoms with van der Waals surface area (Å²) in [5.41, 5.74) is 7.92. The Balaban J connectivity index is 1.89. The lowest BCUT2D eigenvalue weighted by Crippen LogP contribution is -2.49. The van der Waals surface area contributed by atoms with Gasteiger partial charge in [-0.2, -0.15) is 0 Å². The van der Waals surface area contributed by atoms with Gasteiger partial charge in [0.05, 0.1) is 0 Å². The molecule has 0 unspecified atom stereocenters. The zero-order chi connectivity index (χ0) is 16.0. The molecule has 2 rings (SSSR count). The molecule has 8 nitrogen and oxygen atoms in total. The Morgan fingerprint density at radius 3 is 2.50 bits per heavy atom. The number of piperidine rings is 1. The van der Waals surface area contributed by atoms with Crippen LogP contribution < -0.4 is 0 Å². The largest absolute Gasteiger partial charge is 0.481 e. The number of ether oxygens (including phenoxy) is 1. The number of hydrogen-bond donors (Lipinski definition) is 1. The van der Waals surface area contributed by atoms with Gasteiger partial charge in [0.1, 0.15) is 12.1 Å². The highest BCUT2D eigenvalue weighted by molar-refractivity contribution is 5.79. The molecule has 0 radical (unpaired) electrons. The number of carbonyl (C=O) groups excluding carboxylic acids is 1. The minimum Gasteiger partial charge on any atom is -0.481 e. The maximum atomic E-state index is 12.0. The molecule has 0 saturated carbocycles. The van der Waals surface area contributed by atoms with E-state index in [0.717, 1.165) is 5.56 Å². The highest BCUT2D eigenvalue weighted by Gasteiger charge is 2.42. The van der Waals surface area contributed by atoms with E-state index in [4.69, 9.17) is 10.3 Å². The van der Waals surface area contributed by atoms with E-state index in [-0.39, 0.29) is 32.5 Å². The number of likely N-dealkylation sites (tertiary alicyclic amines) is 1. The molecule has 1 fully saturated rings. The van der Waals surface area contributed by atoms with E-state index in [9.17, 15) is 14.7 Å². The molecule has 1 aliphatic heterocycles. The Bertz CT molecular complexity index is 586. The molecular weight excluding hydrogens is 288 g/mol. The van der Waals surface area contributed by atoms with Gasteiger partial charge in [-0.3, -0.25) is 4.79 Å². The number of carboxylic acids is 1. The van der Waals surface area contributed by atoms with Crippen molar-refractivity contribution < 1.29 is 19.4 Å². The Kier molecular flexibility index (Phi) is 4.85. The molecule has 0 atom stereocenters. The van der Waals surface area contributed by atoms with Crippen molar-refractivity contribution in [2.24, 2.45) is 5.11 Å². The van der Waals surface area contributed by atoms with Gasteiger partial charge in [0.15, 0.2) is 0 Å². The van der Waals surface area contributed by atoms with Crippen molar-refractivity contribution in [1.82, 2.24) is 4.90 Å². The number of aliphatic carboxylic acids is 1. The molecule has 0 bridgehead atoms. The summed E-state index contributed by atoms with van der Waals surface area (Å²) in [5, 5.41) is 12.6. The summed E-state index contributed by atoms with van der Waals surface area (Å²) in [5.74, 6) is -1.16. The molecule has 22 heavy (non-hydrogen) atoms. The van der Waals surface area contributed by atoms with Gasteiger partial charge in [0, 0.05) is 18.0 Å². The third-order valence-electron chi connectivity index (χ3n) is 3.69. The molecule has 0 spiro atoms. The van der Waals surface area contributed by atoms with Crippen LogP contribution in [-0.2, 0) is 16.1 Å². The molecular formula is C14H16N4O4. The lowest BCUT2D eigenvalue weighted by atomic mass is 9.89. The van der Waals surface area contributed by atoms with Gasteiger partial charge < -0.3 is 14.7 Å². The molecule has 1 aromatic carbocycles. The Hall–Kier alpha value is -2.73. The second-order valence-electron chi connectivity index (χ2n) is 5.05. The molecule has 116 valence electrons. The molecule has 1 heterocycles. The minimum absolute atomic E-state index is 0.0762. The van der Waals surface area contributed by atoms with Crippen LogP contribution in [0.15, 0.2) is 35.4 Å². The molecule has 1 saturated heterocycles. The lowest BCUT2D eigenvalue weighted by molar-refractivity contribution is -0.145. The summed E-state index contributed by atoms with van der Waals surface area (Å²) in [6.45, 7) is 0.522. The zero-order valence-electron chi connectivity index (χ0n) is 11.9. The van der Waals surface area contributed by atoms with Gasteiger partial charge in [-0.05, 0) is 23.9 Å². The van der Waals surface area contributed by atoms with E-state index in [2.05, 4.69) is 10.0 Å². The number of amides is 1. The van der Waals surface area contributed by atoms with Crippen molar-refractivity contribution in [1.29, 1.82) is 0 Å². The van der Waals surface area contributed by atoms with E-state index in [0.29, 0.717) is 0 Å². The third-order valence-corrected chi connectivity index (χ3v) is 3.69. The molecule has 0 aromatic heterocycles. The maximum absolute atomic E-state index is 12.0. The van der Waals surface area contributed by atoms with Crippen molar-refractivity contribution >= 4 is 12.1 Å². The molecule has 8 heteroatoms. The first-order valence-electron chi connectivity index (χ1n) is 6.83. The Labute approximate surface area is 126 Å². The zero-order valence-corrected chi connectivity index (χ0v) is 11.9. The molecule has 1 N–H and O–H groups in total. The average molecular weight is 304 g/mol. The predicted molar refractivity (Wildman–Crippen MR) is 76.9 cm³/mol. The summed E-state index contributed by atoms with van der Waals surface area (Å²) in [4.78, 5) is 27.3. The average Bonchev–Trinajstić information content (AvgIpc) is 2.54. The number of azide groups is 1. The smallest absolute Gasteiger partial charge is 0.410 e. The first kappa shape index (κ1) is 15.7. The SMILES string of the molecule is [N-]=[N+]=NC1(C(=O)O)CCN(C(=O)OCc2ccccc2)CC1. The maximum Gasteiger partial charge on any atom is 0.410 e.